The van der Waals surface area contributed by atoms with Crippen molar-refractivity contribution >= 4 is 0 Å². The monoisotopic (exact) mass is 234 g/mol. The van der Waals surface area contributed by atoms with Crippen LogP contribution in [0, 0.1) is 22.7 Å². The van der Waals surface area contributed by atoms with E-state index in [-0.39, 0.29) is 0 Å². The zero-order valence-electron chi connectivity index (χ0n) is 12.3. The molecule has 0 heterocycles. The van der Waals surface area contributed by atoms with Crippen molar-refractivity contribution in [2.45, 2.75) is 72.6 Å². The highest BCUT2D eigenvalue weighted by molar-refractivity contribution is 5.15. The van der Waals surface area contributed by atoms with Gasteiger partial charge in [-0.1, -0.05) is 52.7 Å². The Bertz CT molecular complexity index is 299. The second-order valence-corrected chi connectivity index (χ2v) is 7.44. The molecule has 2 aliphatic carbocycles. The molecule has 2 fully saturated rings. The van der Waals surface area contributed by atoms with E-state index in [4.69, 9.17) is 0 Å². The number of rotatable bonds is 2. The Hall–Kier alpha value is -0.260. The summed E-state index contributed by atoms with van der Waals surface area (Å²) in [5.74, 6) is 1.72. The normalized spacial score (nSPS) is 41.1. The first kappa shape index (κ1) is 13.2. The highest BCUT2D eigenvalue weighted by Crippen LogP contribution is 2.61. The average Bonchev–Trinajstić information content (AvgIpc) is 2.22. The second-order valence-electron chi connectivity index (χ2n) is 7.44. The first-order valence-corrected chi connectivity index (χ1v) is 7.59. The molecule has 0 aromatic heterocycles. The van der Waals surface area contributed by atoms with Crippen molar-refractivity contribution in [3.8, 4) is 0 Å². The summed E-state index contributed by atoms with van der Waals surface area (Å²) in [6.07, 6.45) is 9.64. The summed E-state index contributed by atoms with van der Waals surface area (Å²) >= 11 is 0. The van der Waals surface area contributed by atoms with E-state index in [9.17, 15) is 0 Å². The van der Waals surface area contributed by atoms with Crippen LogP contribution in [-0.2, 0) is 0 Å². The van der Waals surface area contributed by atoms with Crippen LogP contribution in [0.5, 0.6) is 0 Å². The second kappa shape index (κ2) is 4.44. The van der Waals surface area contributed by atoms with Gasteiger partial charge in [0.1, 0.15) is 0 Å². The molecular weight excluding hydrogens is 204 g/mol. The minimum atomic E-state index is 0.549. The maximum Gasteiger partial charge on any atom is -0.0149 e. The van der Waals surface area contributed by atoms with E-state index in [0.29, 0.717) is 10.8 Å². The highest BCUT2D eigenvalue weighted by atomic mass is 14.6. The first-order valence-electron chi connectivity index (χ1n) is 7.59. The van der Waals surface area contributed by atoms with Gasteiger partial charge in [0.2, 0.25) is 0 Å². The Balaban J connectivity index is 2.31. The highest BCUT2D eigenvalue weighted by Gasteiger charge is 2.52. The van der Waals surface area contributed by atoms with Gasteiger partial charge in [-0.2, -0.15) is 0 Å². The molecule has 0 bridgehead atoms. The van der Waals surface area contributed by atoms with Crippen molar-refractivity contribution in [2.75, 3.05) is 0 Å². The molecule has 2 saturated carbocycles. The van der Waals surface area contributed by atoms with Crippen molar-refractivity contribution < 1.29 is 0 Å². The van der Waals surface area contributed by atoms with Crippen molar-refractivity contribution in [3.63, 3.8) is 0 Å². The fraction of sp³-hybridized carbons (Fsp3) is 0.882. The van der Waals surface area contributed by atoms with Crippen LogP contribution in [-0.4, -0.2) is 0 Å². The molecular formula is C17H30. The third-order valence-corrected chi connectivity index (χ3v) is 5.90. The quantitative estimate of drug-likeness (QED) is 0.547. The SMILES string of the molecule is C=C1CCC2C(C)(C)CCCC2(C)C1CCC. The van der Waals surface area contributed by atoms with Crippen LogP contribution in [0.4, 0.5) is 0 Å². The van der Waals surface area contributed by atoms with E-state index in [0.717, 1.165) is 11.8 Å². The van der Waals surface area contributed by atoms with Crippen LogP contribution in [0.1, 0.15) is 72.6 Å². The van der Waals surface area contributed by atoms with Crippen LogP contribution < -0.4 is 0 Å². The summed E-state index contributed by atoms with van der Waals surface area (Å²) in [4.78, 5) is 0. The lowest BCUT2D eigenvalue weighted by atomic mass is 9.47. The summed E-state index contributed by atoms with van der Waals surface area (Å²) in [7, 11) is 0. The molecule has 0 nitrogen and oxygen atoms in total. The lowest BCUT2D eigenvalue weighted by Crippen LogP contribution is -2.49. The zero-order chi connectivity index (χ0) is 12.7. The van der Waals surface area contributed by atoms with Gasteiger partial charge in [-0.05, 0) is 54.8 Å². The minimum absolute atomic E-state index is 0.549. The number of hydrogen-bond donors (Lipinski definition) is 0. The maximum absolute atomic E-state index is 4.40. The largest absolute Gasteiger partial charge is 0.0996 e. The Morgan fingerprint density at radius 2 is 1.94 bits per heavy atom. The van der Waals surface area contributed by atoms with Gasteiger partial charge in [0.25, 0.3) is 0 Å². The van der Waals surface area contributed by atoms with Gasteiger partial charge in [-0.25, -0.2) is 0 Å². The summed E-state index contributed by atoms with van der Waals surface area (Å²) in [5, 5.41) is 0. The third kappa shape index (κ3) is 2.09. The van der Waals surface area contributed by atoms with Crippen LogP contribution >= 0.6 is 0 Å². The first-order chi connectivity index (χ1) is 7.92. The molecule has 0 saturated heterocycles. The molecule has 3 atom stereocenters. The molecule has 0 N–H and O–H groups in total. The molecule has 0 aromatic carbocycles. The lowest BCUT2D eigenvalue weighted by molar-refractivity contribution is -0.0541. The van der Waals surface area contributed by atoms with E-state index in [1.54, 1.807) is 5.57 Å². The Kier molecular flexibility index (Phi) is 3.45. The van der Waals surface area contributed by atoms with E-state index in [2.05, 4.69) is 34.3 Å². The van der Waals surface area contributed by atoms with Gasteiger partial charge >= 0.3 is 0 Å². The van der Waals surface area contributed by atoms with Crippen molar-refractivity contribution in [3.05, 3.63) is 12.2 Å². The van der Waals surface area contributed by atoms with Gasteiger partial charge in [-0.15, -0.1) is 0 Å². The Morgan fingerprint density at radius 3 is 2.59 bits per heavy atom. The number of allylic oxidation sites excluding steroid dienone is 1. The van der Waals surface area contributed by atoms with E-state index in [1.165, 1.54) is 44.9 Å². The molecule has 0 aliphatic heterocycles. The van der Waals surface area contributed by atoms with Crippen LogP contribution in [0.15, 0.2) is 12.2 Å². The Labute approximate surface area is 108 Å². The molecule has 0 radical (unpaired) electrons. The van der Waals surface area contributed by atoms with E-state index >= 15 is 0 Å². The standard InChI is InChI=1S/C17H30/c1-6-8-14-13(2)9-10-15-16(3,4)11-7-12-17(14,15)5/h14-15H,2,6-12H2,1,3-5H3. The van der Waals surface area contributed by atoms with Crippen LogP contribution in [0.3, 0.4) is 0 Å². The van der Waals surface area contributed by atoms with Crippen LogP contribution in [0.2, 0.25) is 0 Å². The molecule has 0 amide bonds. The Morgan fingerprint density at radius 1 is 1.24 bits per heavy atom. The molecule has 98 valence electrons. The summed E-state index contributed by atoms with van der Waals surface area (Å²) < 4.78 is 0. The molecule has 2 aliphatic rings. The van der Waals surface area contributed by atoms with Gasteiger partial charge in [0, 0.05) is 0 Å². The number of hydrogen-bond acceptors (Lipinski definition) is 0. The van der Waals surface area contributed by atoms with Gasteiger partial charge in [0.05, 0.1) is 0 Å². The van der Waals surface area contributed by atoms with E-state index < -0.39 is 0 Å². The predicted octanol–water partition coefficient (Wildman–Crippen LogP) is 5.59. The molecule has 3 unspecified atom stereocenters. The summed E-state index contributed by atoms with van der Waals surface area (Å²) in [5.41, 5.74) is 2.66. The molecule has 0 spiro atoms. The van der Waals surface area contributed by atoms with Gasteiger partial charge in [0.15, 0.2) is 0 Å². The summed E-state index contributed by atoms with van der Waals surface area (Å²) in [6.45, 7) is 14.3. The minimum Gasteiger partial charge on any atom is -0.0996 e. The van der Waals surface area contributed by atoms with Gasteiger partial charge < -0.3 is 0 Å². The van der Waals surface area contributed by atoms with Gasteiger partial charge in [-0.3, -0.25) is 0 Å². The molecule has 0 heteroatoms. The fourth-order valence-corrected chi connectivity index (χ4v) is 5.10. The smallest absolute Gasteiger partial charge is 0.0149 e. The van der Waals surface area contributed by atoms with Crippen LogP contribution in [0.25, 0.3) is 0 Å². The fourth-order valence-electron chi connectivity index (χ4n) is 5.10. The van der Waals surface area contributed by atoms with E-state index in [1.807, 2.05) is 0 Å². The summed E-state index contributed by atoms with van der Waals surface area (Å²) in [6, 6.07) is 0. The van der Waals surface area contributed by atoms with Crippen molar-refractivity contribution in [1.29, 1.82) is 0 Å². The number of fused-ring (bicyclic) bond motifs is 1. The van der Waals surface area contributed by atoms with Crippen molar-refractivity contribution in [2.24, 2.45) is 22.7 Å². The third-order valence-electron chi connectivity index (χ3n) is 5.90. The zero-order valence-corrected chi connectivity index (χ0v) is 12.3. The topological polar surface area (TPSA) is 0 Å². The average molecular weight is 234 g/mol. The molecule has 17 heavy (non-hydrogen) atoms. The molecule has 0 aromatic rings. The maximum atomic E-state index is 4.40. The predicted molar refractivity (Wildman–Crippen MR) is 76.0 cm³/mol. The molecule has 2 rings (SSSR count). The lowest BCUT2D eigenvalue weighted by Gasteiger charge is -2.58. The van der Waals surface area contributed by atoms with Crippen molar-refractivity contribution in [1.82, 2.24) is 0 Å².